The lowest BCUT2D eigenvalue weighted by atomic mass is 9.86. The fraction of sp³-hybridized carbons (Fsp3) is 0.0435. The molecule has 0 aromatic heterocycles. The lowest BCUT2D eigenvalue weighted by molar-refractivity contribution is 0.588. The summed E-state index contributed by atoms with van der Waals surface area (Å²) >= 11 is 0. The fourth-order valence-corrected chi connectivity index (χ4v) is 8.96. The summed E-state index contributed by atoms with van der Waals surface area (Å²) in [6.45, 7) is 3.67. The third kappa shape index (κ3) is 4.08. The molecule has 0 aliphatic carbocycles. The van der Waals surface area contributed by atoms with Crippen molar-refractivity contribution >= 4 is 77.1 Å². The first-order valence-electron chi connectivity index (χ1n) is 16.6. The molecule has 0 heterocycles. The molecule has 0 unspecified atom stereocenters. The second kappa shape index (κ2) is 10.0. The number of rotatable bonds is 4. The zero-order chi connectivity index (χ0) is 32.1. The maximum absolute atomic E-state index is 12.9. The smallest absolute Gasteiger partial charge is 0.109 e. The van der Waals surface area contributed by atoms with Gasteiger partial charge in [0.1, 0.15) is 7.14 Å². The van der Waals surface area contributed by atoms with Gasteiger partial charge in [-0.2, -0.15) is 0 Å². The lowest BCUT2D eigenvalue weighted by Crippen LogP contribution is -2.01. The average molecular weight is 631 g/mol. The third-order valence-electron chi connectivity index (χ3n) is 10.4. The fourth-order valence-electron chi connectivity index (χ4n) is 8.09. The molecule has 48 heavy (non-hydrogen) atoms. The van der Waals surface area contributed by atoms with Gasteiger partial charge in [-0.1, -0.05) is 133 Å². The molecule has 10 aromatic carbocycles. The molecular formula is C46H31OP. The van der Waals surface area contributed by atoms with Crippen LogP contribution < -0.4 is 5.30 Å². The van der Waals surface area contributed by atoms with Gasteiger partial charge < -0.3 is 4.57 Å². The maximum atomic E-state index is 12.9. The van der Waals surface area contributed by atoms with Crippen LogP contribution in [0.3, 0.4) is 0 Å². The zero-order valence-electron chi connectivity index (χ0n) is 26.8. The molecule has 10 rings (SSSR count). The van der Waals surface area contributed by atoms with Gasteiger partial charge in [0.05, 0.1) is 0 Å². The van der Waals surface area contributed by atoms with Crippen LogP contribution in [0.1, 0.15) is 0 Å². The summed E-state index contributed by atoms with van der Waals surface area (Å²) in [4.78, 5) is 0. The van der Waals surface area contributed by atoms with E-state index in [0.29, 0.717) is 0 Å². The summed E-state index contributed by atoms with van der Waals surface area (Å²) in [5.41, 5.74) is 7.09. The van der Waals surface area contributed by atoms with Crippen LogP contribution in [0, 0.1) is 0 Å². The summed E-state index contributed by atoms with van der Waals surface area (Å²) in [5, 5.41) is 16.4. The van der Waals surface area contributed by atoms with Crippen molar-refractivity contribution in [3.8, 4) is 33.4 Å². The minimum absolute atomic E-state index is 0.904. The summed E-state index contributed by atoms with van der Waals surface area (Å²) in [7, 11) is -2.36. The quantitative estimate of drug-likeness (QED) is 0.140. The van der Waals surface area contributed by atoms with Gasteiger partial charge in [0.25, 0.3) is 0 Å². The molecule has 0 radical (unpaired) electrons. The summed E-state index contributed by atoms with van der Waals surface area (Å²) in [6, 6.07) is 55.8. The van der Waals surface area contributed by atoms with E-state index in [1.807, 2.05) is 25.5 Å². The van der Waals surface area contributed by atoms with Gasteiger partial charge in [-0.15, -0.1) is 0 Å². The van der Waals surface area contributed by atoms with Crippen LogP contribution in [0.5, 0.6) is 0 Å². The molecule has 0 fully saturated rings. The Hall–Kier alpha value is -5.49. The Morgan fingerprint density at radius 1 is 0.354 bits per heavy atom. The van der Waals surface area contributed by atoms with Crippen LogP contribution >= 0.6 is 7.14 Å². The molecule has 0 N–H and O–H groups in total. The molecule has 0 atom stereocenters. The molecule has 10 aromatic rings. The van der Waals surface area contributed by atoms with E-state index in [2.05, 4.69) is 140 Å². The molecule has 0 aliphatic rings. The van der Waals surface area contributed by atoms with Crippen molar-refractivity contribution in [3.63, 3.8) is 0 Å². The normalized spacial score (nSPS) is 12.5. The Morgan fingerprint density at radius 2 is 0.729 bits per heavy atom. The van der Waals surface area contributed by atoms with E-state index >= 15 is 0 Å². The van der Waals surface area contributed by atoms with Gasteiger partial charge in [-0.05, 0) is 130 Å². The number of hydrogen-bond donors (Lipinski definition) is 0. The first-order valence-corrected chi connectivity index (χ1v) is 19.2. The molecule has 0 aliphatic heterocycles. The second-order valence-corrected chi connectivity index (χ2v) is 16.9. The largest absolute Gasteiger partial charge is 0.319 e. The van der Waals surface area contributed by atoms with Gasteiger partial charge >= 0.3 is 0 Å². The van der Waals surface area contributed by atoms with Crippen molar-refractivity contribution < 1.29 is 4.57 Å². The van der Waals surface area contributed by atoms with Crippen LogP contribution in [-0.4, -0.2) is 13.3 Å². The van der Waals surface area contributed by atoms with Crippen molar-refractivity contribution in [3.05, 3.63) is 152 Å². The monoisotopic (exact) mass is 630 g/mol. The minimum Gasteiger partial charge on any atom is -0.319 e. The maximum Gasteiger partial charge on any atom is 0.109 e. The van der Waals surface area contributed by atoms with Crippen LogP contribution in [-0.2, 0) is 4.57 Å². The SMILES string of the molecule is CP(C)(=O)c1ccc(-c2cc(-c3ccc4ccc5cccc6ccc3c4c56)cc(-c3ccc4ccc5cccc6ccc3c4c56)c2)cc1. The highest BCUT2D eigenvalue weighted by Gasteiger charge is 2.17. The van der Waals surface area contributed by atoms with Crippen molar-refractivity contribution in [1.82, 2.24) is 0 Å². The van der Waals surface area contributed by atoms with Crippen molar-refractivity contribution in [1.29, 1.82) is 0 Å². The van der Waals surface area contributed by atoms with Crippen LogP contribution in [0.25, 0.3) is 98.0 Å². The highest BCUT2D eigenvalue weighted by Crippen LogP contribution is 2.44. The molecule has 1 nitrogen and oxygen atoms in total. The number of benzene rings is 10. The predicted octanol–water partition coefficient (Wildman–Crippen LogP) is 12.7. The van der Waals surface area contributed by atoms with Crippen LogP contribution in [0.2, 0.25) is 0 Å². The van der Waals surface area contributed by atoms with Crippen molar-refractivity contribution in [2.75, 3.05) is 13.3 Å². The molecule has 0 bridgehead atoms. The first-order chi connectivity index (χ1) is 23.4. The number of hydrogen-bond acceptors (Lipinski definition) is 1. The predicted molar refractivity (Wildman–Crippen MR) is 209 cm³/mol. The molecule has 226 valence electrons. The Morgan fingerprint density at radius 3 is 1.17 bits per heavy atom. The van der Waals surface area contributed by atoms with Crippen LogP contribution in [0.4, 0.5) is 0 Å². The second-order valence-electron chi connectivity index (χ2n) is 13.6. The standard InChI is InChI=1S/C46H31OP/c1-48(2,47)38-19-13-28(14-20-38)35-25-36(39-21-15-33-11-9-29-5-3-7-31-17-23-41(39)45(33)43(29)31)27-37(26-35)40-22-16-34-12-10-30-6-4-8-32-18-24-42(40)46(34)44(30)32/h3-27H,1-2H3. The van der Waals surface area contributed by atoms with Crippen molar-refractivity contribution in [2.45, 2.75) is 0 Å². The first kappa shape index (κ1) is 27.6. The van der Waals surface area contributed by atoms with E-state index in [0.717, 1.165) is 16.4 Å². The minimum atomic E-state index is -2.36. The van der Waals surface area contributed by atoms with Gasteiger partial charge in [0.2, 0.25) is 0 Å². The van der Waals surface area contributed by atoms with Crippen molar-refractivity contribution in [2.24, 2.45) is 0 Å². The van der Waals surface area contributed by atoms with Crippen LogP contribution in [0.15, 0.2) is 152 Å². The molecule has 2 heteroatoms. The highest BCUT2D eigenvalue weighted by molar-refractivity contribution is 7.70. The lowest BCUT2D eigenvalue weighted by Gasteiger charge is -2.18. The average Bonchev–Trinajstić information content (AvgIpc) is 3.12. The molecule has 0 saturated carbocycles. The van der Waals surface area contributed by atoms with Gasteiger partial charge in [0.15, 0.2) is 0 Å². The Balaban J connectivity index is 1.27. The van der Waals surface area contributed by atoms with E-state index in [9.17, 15) is 4.57 Å². The Bertz CT molecular complexity index is 2730. The zero-order valence-corrected chi connectivity index (χ0v) is 27.7. The van der Waals surface area contributed by atoms with Gasteiger partial charge in [-0.25, -0.2) is 0 Å². The van der Waals surface area contributed by atoms with Gasteiger partial charge in [0, 0.05) is 5.30 Å². The summed E-state index contributed by atoms with van der Waals surface area (Å²) in [5.74, 6) is 0. The Kier molecular flexibility index (Phi) is 5.75. The Labute approximate surface area is 279 Å². The van der Waals surface area contributed by atoms with E-state index in [1.165, 1.54) is 86.9 Å². The van der Waals surface area contributed by atoms with Gasteiger partial charge in [-0.3, -0.25) is 0 Å². The topological polar surface area (TPSA) is 17.1 Å². The van der Waals surface area contributed by atoms with E-state index in [-0.39, 0.29) is 0 Å². The van der Waals surface area contributed by atoms with E-state index < -0.39 is 7.14 Å². The molecule has 0 spiro atoms. The summed E-state index contributed by atoms with van der Waals surface area (Å²) < 4.78 is 12.9. The molecule has 0 saturated heterocycles. The molecule has 0 amide bonds. The van der Waals surface area contributed by atoms with E-state index in [1.54, 1.807) is 0 Å². The third-order valence-corrected chi connectivity index (χ3v) is 12.0. The molecular weight excluding hydrogens is 599 g/mol. The highest BCUT2D eigenvalue weighted by atomic mass is 31.2. The summed E-state index contributed by atoms with van der Waals surface area (Å²) in [6.07, 6.45) is 0. The van der Waals surface area contributed by atoms with E-state index in [4.69, 9.17) is 0 Å².